The molecular weight excluding hydrogens is 216 g/mol. The molecule has 0 fully saturated rings. The molecule has 1 rings (SSSR count). The summed E-state index contributed by atoms with van der Waals surface area (Å²) in [6, 6.07) is 3.36. The zero-order chi connectivity index (χ0) is 12.9. The molecule has 17 heavy (non-hydrogen) atoms. The molecule has 1 aromatic heterocycles. The summed E-state index contributed by atoms with van der Waals surface area (Å²) in [5.74, 6) is 5.06. The van der Waals surface area contributed by atoms with E-state index < -0.39 is 0 Å². The van der Waals surface area contributed by atoms with Gasteiger partial charge >= 0.3 is 0 Å². The van der Waals surface area contributed by atoms with E-state index in [1.807, 2.05) is 0 Å². The average molecular weight is 236 g/mol. The molecule has 0 spiro atoms. The van der Waals surface area contributed by atoms with E-state index in [4.69, 9.17) is 5.84 Å². The maximum Gasteiger partial charge on any atom is 0.269 e. The topological polar surface area (TPSA) is 80.0 Å². The average Bonchev–Trinajstić information content (AvgIpc) is 2.36. The standard InChI is InChI=1S/C12H20N4O/c1-4-12(2,3)8-15-11(17)10-6-5-9(16-13)7-14-10/h5-7,16H,4,8,13H2,1-3H3,(H,15,17). The van der Waals surface area contributed by atoms with Crippen LogP contribution in [0.4, 0.5) is 5.69 Å². The Hall–Kier alpha value is -1.62. The summed E-state index contributed by atoms with van der Waals surface area (Å²) >= 11 is 0. The van der Waals surface area contributed by atoms with Crippen molar-refractivity contribution >= 4 is 11.6 Å². The van der Waals surface area contributed by atoms with Crippen molar-refractivity contribution < 1.29 is 4.79 Å². The molecule has 5 nitrogen and oxygen atoms in total. The lowest BCUT2D eigenvalue weighted by molar-refractivity contribution is 0.0931. The van der Waals surface area contributed by atoms with Gasteiger partial charge in [0.2, 0.25) is 0 Å². The van der Waals surface area contributed by atoms with Gasteiger partial charge in [0, 0.05) is 6.54 Å². The molecule has 0 aliphatic carbocycles. The summed E-state index contributed by atoms with van der Waals surface area (Å²) in [6.07, 6.45) is 2.54. The molecular formula is C12H20N4O. The summed E-state index contributed by atoms with van der Waals surface area (Å²) in [5, 5.41) is 2.87. The molecule has 5 heteroatoms. The molecule has 0 unspecified atom stereocenters. The van der Waals surface area contributed by atoms with Gasteiger partial charge in [-0.05, 0) is 24.0 Å². The predicted molar refractivity (Wildman–Crippen MR) is 68.5 cm³/mol. The number of nitrogens with one attached hydrogen (secondary N) is 2. The van der Waals surface area contributed by atoms with Gasteiger partial charge in [0.05, 0.1) is 11.9 Å². The summed E-state index contributed by atoms with van der Waals surface area (Å²) < 4.78 is 0. The molecule has 0 aromatic carbocycles. The molecule has 0 radical (unpaired) electrons. The first-order valence-electron chi connectivity index (χ1n) is 5.69. The fraction of sp³-hybridized carbons (Fsp3) is 0.500. The van der Waals surface area contributed by atoms with Crippen LogP contribution in [0.2, 0.25) is 0 Å². The minimum atomic E-state index is -0.157. The molecule has 1 heterocycles. The van der Waals surface area contributed by atoms with Crippen LogP contribution in [0.25, 0.3) is 0 Å². The second-order valence-electron chi connectivity index (χ2n) is 4.78. The van der Waals surface area contributed by atoms with Crippen LogP contribution in [-0.2, 0) is 0 Å². The van der Waals surface area contributed by atoms with Crippen molar-refractivity contribution in [1.82, 2.24) is 10.3 Å². The van der Waals surface area contributed by atoms with E-state index >= 15 is 0 Å². The zero-order valence-corrected chi connectivity index (χ0v) is 10.6. The minimum absolute atomic E-state index is 0.106. The molecule has 0 bridgehead atoms. The van der Waals surface area contributed by atoms with E-state index in [0.717, 1.165) is 6.42 Å². The van der Waals surface area contributed by atoms with Gasteiger partial charge in [0.15, 0.2) is 0 Å². The summed E-state index contributed by atoms with van der Waals surface area (Å²) in [7, 11) is 0. The largest absolute Gasteiger partial charge is 0.350 e. The van der Waals surface area contributed by atoms with Crippen LogP contribution in [-0.4, -0.2) is 17.4 Å². The van der Waals surface area contributed by atoms with E-state index in [1.165, 1.54) is 6.20 Å². The van der Waals surface area contributed by atoms with Crippen molar-refractivity contribution in [2.75, 3.05) is 12.0 Å². The van der Waals surface area contributed by atoms with Gasteiger partial charge in [-0.15, -0.1) is 0 Å². The molecule has 4 N–H and O–H groups in total. The molecule has 94 valence electrons. The Morgan fingerprint density at radius 3 is 2.65 bits per heavy atom. The Kier molecular flexibility index (Phi) is 4.45. The van der Waals surface area contributed by atoms with Crippen molar-refractivity contribution in [2.24, 2.45) is 11.3 Å². The zero-order valence-electron chi connectivity index (χ0n) is 10.6. The third kappa shape index (κ3) is 4.03. The number of anilines is 1. The molecule has 0 saturated carbocycles. The highest BCUT2D eigenvalue weighted by atomic mass is 16.1. The van der Waals surface area contributed by atoms with E-state index in [2.05, 4.69) is 36.5 Å². The summed E-state index contributed by atoms with van der Waals surface area (Å²) in [5.41, 5.74) is 3.65. The van der Waals surface area contributed by atoms with Crippen molar-refractivity contribution in [1.29, 1.82) is 0 Å². The van der Waals surface area contributed by atoms with Crippen LogP contribution in [0.3, 0.4) is 0 Å². The van der Waals surface area contributed by atoms with Crippen LogP contribution in [0, 0.1) is 5.41 Å². The first-order valence-corrected chi connectivity index (χ1v) is 5.69. The van der Waals surface area contributed by atoms with Crippen molar-refractivity contribution in [2.45, 2.75) is 27.2 Å². The molecule has 0 aliphatic rings. The van der Waals surface area contributed by atoms with Gasteiger partial charge < -0.3 is 10.7 Å². The van der Waals surface area contributed by atoms with E-state index in [9.17, 15) is 4.79 Å². The summed E-state index contributed by atoms with van der Waals surface area (Å²) in [6.45, 7) is 6.97. The number of hydrogen-bond donors (Lipinski definition) is 3. The molecule has 0 aliphatic heterocycles. The number of nitrogen functional groups attached to an aromatic ring is 1. The number of rotatable bonds is 5. The Labute approximate surface area is 102 Å². The fourth-order valence-electron chi connectivity index (χ4n) is 1.15. The minimum Gasteiger partial charge on any atom is -0.350 e. The number of carbonyl (C=O) groups is 1. The maximum absolute atomic E-state index is 11.8. The lowest BCUT2D eigenvalue weighted by Gasteiger charge is -2.22. The van der Waals surface area contributed by atoms with Crippen molar-refractivity contribution in [3.05, 3.63) is 24.0 Å². The molecule has 0 saturated heterocycles. The SMILES string of the molecule is CCC(C)(C)CNC(=O)c1ccc(NN)cn1. The van der Waals surface area contributed by atoms with Crippen LogP contribution in [0.1, 0.15) is 37.7 Å². The fourth-order valence-corrected chi connectivity index (χ4v) is 1.15. The number of pyridine rings is 1. The van der Waals surface area contributed by atoms with Crippen LogP contribution in [0.15, 0.2) is 18.3 Å². The molecule has 1 aromatic rings. The first kappa shape index (κ1) is 13.4. The normalized spacial score (nSPS) is 11.1. The maximum atomic E-state index is 11.8. The first-order chi connectivity index (χ1) is 7.98. The number of aromatic nitrogens is 1. The number of hydrazine groups is 1. The highest BCUT2D eigenvalue weighted by molar-refractivity contribution is 5.92. The van der Waals surface area contributed by atoms with Gasteiger partial charge in [0.1, 0.15) is 5.69 Å². The molecule has 0 atom stereocenters. The van der Waals surface area contributed by atoms with Crippen molar-refractivity contribution in [3.8, 4) is 0 Å². The Balaban J connectivity index is 2.58. The number of amides is 1. The second kappa shape index (κ2) is 5.63. The van der Waals surface area contributed by atoms with Gasteiger partial charge in [-0.25, -0.2) is 4.98 Å². The van der Waals surface area contributed by atoms with Gasteiger partial charge in [-0.1, -0.05) is 20.8 Å². The third-order valence-corrected chi connectivity index (χ3v) is 2.85. The van der Waals surface area contributed by atoms with Gasteiger partial charge in [0.25, 0.3) is 5.91 Å². The van der Waals surface area contributed by atoms with E-state index in [1.54, 1.807) is 12.1 Å². The summed E-state index contributed by atoms with van der Waals surface area (Å²) in [4.78, 5) is 15.8. The quantitative estimate of drug-likeness (QED) is 0.535. The van der Waals surface area contributed by atoms with Crippen LogP contribution in [0.5, 0.6) is 0 Å². The van der Waals surface area contributed by atoms with Gasteiger partial charge in [-0.3, -0.25) is 10.6 Å². The highest BCUT2D eigenvalue weighted by Crippen LogP contribution is 2.17. The number of nitrogens with two attached hydrogens (primary N) is 1. The van der Waals surface area contributed by atoms with Crippen molar-refractivity contribution in [3.63, 3.8) is 0 Å². The molecule has 1 amide bonds. The smallest absolute Gasteiger partial charge is 0.269 e. The monoisotopic (exact) mass is 236 g/mol. The number of nitrogens with zero attached hydrogens (tertiary/aromatic N) is 1. The number of carbonyl (C=O) groups excluding carboxylic acids is 1. The second-order valence-corrected chi connectivity index (χ2v) is 4.78. The predicted octanol–water partition coefficient (Wildman–Crippen LogP) is 1.53. The Morgan fingerprint density at radius 2 is 2.18 bits per heavy atom. The van der Waals surface area contributed by atoms with Crippen LogP contribution >= 0.6 is 0 Å². The van der Waals surface area contributed by atoms with E-state index in [0.29, 0.717) is 17.9 Å². The van der Waals surface area contributed by atoms with E-state index in [-0.39, 0.29) is 11.3 Å². The number of hydrogen-bond acceptors (Lipinski definition) is 4. The third-order valence-electron chi connectivity index (χ3n) is 2.85. The lowest BCUT2D eigenvalue weighted by atomic mass is 9.90. The Bertz CT molecular complexity index is 373. The van der Waals surface area contributed by atoms with Crippen LogP contribution < -0.4 is 16.6 Å². The lowest BCUT2D eigenvalue weighted by Crippen LogP contribution is -2.34. The Morgan fingerprint density at radius 1 is 1.47 bits per heavy atom. The highest BCUT2D eigenvalue weighted by Gasteiger charge is 2.17. The van der Waals surface area contributed by atoms with Gasteiger partial charge in [-0.2, -0.15) is 0 Å².